The average Bonchev–Trinajstić information content (AvgIpc) is 3.25. The molecule has 34 heavy (non-hydrogen) atoms. The fourth-order valence-corrected chi connectivity index (χ4v) is 4.41. The van der Waals surface area contributed by atoms with Gasteiger partial charge < -0.3 is 9.47 Å². The third kappa shape index (κ3) is 5.10. The summed E-state index contributed by atoms with van der Waals surface area (Å²) in [6.07, 6.45) is 1.57. The van der Waals surface area contributed by atoms with Gasteiger partial charge in [0.05, 0.1) is 20.0 Å². The van der Waals surface area contributed by atoms with Crippen molar-refractivity contribution in [2.45, 2.75) is 6.42 Å². The van der Waals surface area contributed by atoms with Gasteiger partial charge >= 0.3 is 0 Å². The van der Waals surface area contributed by atoms with Gasteiger partial charge in [0.1, 0.15) is 6.33 Å². The van der Waals surface area contributed by atoms with E-state index in [-0.39, 0.29) is 35.6 Å². The number of benzene rings is 2. The first-order valence-corrected chi connectivity index (χ1v) is 12.1. The number of halogens is 1. The van der Waals surface area contributed by atoms with Crippen molar-refractivity contribution in [3.8, 4) is 28.8 Å². The molecule has 0 saturated heterocycles. The van der Waals surface area contributed by atoms with Crippen molar-refractivity contribution in [1.82, 2.24) is 24.7 Å². The van der Waals surface area contributed by atoms with E-state index in [0.717, 1.165) is 5.56 Å². The number of hydrogen-bond donors (Lipinski definition) is 1. The summed E-state index contributed by atoms with van der Waals surface area (Å²) in [5, 5.41) is 8.92. The Hall–Kier alpha value is -3.70. The first-order chi connectivity index (χ1) is 16.4. The highest BCUT2D eigenvalue weighted by molar-refractivity contribution is 7.92. The summed E-state index contributed by atoms with van der Waals surface area (Å²) < 4.78 is 40.7. The van der Waals surface area contributed by atoms with Crippen LogP contribution in [-0.2, 0) is 16.4 Å². The lowest BCUT2D eigenvalue weighted by Gasteiger charge is -2.16. The summed E-state index contributed by atoms with van der Waals surface area (Å²) >= 11 is 5.91. The molecule has 176 valence electrons. The van der Waals surface area contributed by atoms with Crippen LogP contribution in [0.25, 0.3) is 17.1 Å². The molecule has 0 aliphatic carbocycles. The Kier molecular flexibility index (Phi) is 6.94. The number of anilines is 1. The highest BCUT2D eigenvalue weighted by atomic mass is 35.5. The van der Waals surface area contributed by atoms with Crippen molar-refractivity contribution in [3.63, 3.8) is 0 Å². The molecular weight excluding hydrogens is 480 g/mol. The van der Waals surface area contributed by atoms with Crippen molar-refractivity contribution in [2.75, 3.05) is 24.7 Å². The van der Waals surface area contributed by atoms with E-state index in [1.54, 1.807) is 24.3 Å². The molecule has 2 aromatic heterocycles. The monoisotopic (exact) mass is 500 g/mol. The molecule has 0 radical (unpaired) electrons. The van der Waals surface area contributed by atoms with Crippen LogP contribution in [0.4, 0.5) is 5.95 Å². The van der Waals surface area contributed by atoms with E-state index in [1.807, 2.05) is 30.3 Å². The molecule has 1 N–H and O–H groups in total. The molecule has 0 atom stereocenters. The highest BCUT2D eigenvalue weighted by Crippen LogP contribution is 2.35. The molecule has 4 aromatic rings. The van der Waals surface area contributed by atoms with Crippen LogP contribution in [0.5, 0.6) is 11.8 Å². The molecule has 0 bridgehead atoms. The predicted octanol–water partition coefficient (Wildman–Crippen LogP) is 3.38. The molecule has 2 heterocycles. The molecule has 0 unspecified atom stereocenters. The summed E-state index contributed by atoms with van der Waals surface area (Å²) in [5.74, 6) is 0.432. The van der Waals surface area contributed by atoms with Gasteiger partial charge in [-0.1, -0.05) is 54.1 Å². The fraction of sp³-hybridized carbons (Fsp3) is 0.182. The number of ether oxygens (including phenoxy) is 2. The molecular formula is C22H21ClN6O4S. The van der Waals surface area contributed by atoms with Crippen molar-refractivity contribution in [2.24, 2.45) is 0 Å². The Morgan fingerprint density at radius 3 is 2.21 bits per heavy atom. The lowest BCUT2D eigenvalue weighted by molar-refractivity contribution is 0.368. The van der Waals surface area contributed by atoms with Crippen LogP contribution in [0.3, 0.4) is 0 Å². The second-order valence-electron chi connectivity index (χ2n) is 7.09. The van der Waals surface area contributed by atoms with E-state index in [4.69, 9.17) is 21.1 Å². The van der Waals surface area contributed by atoms with E-state index < -0.39 is 10.0 Å². The summed E-state index contributed by atoms with van der Waals surface area (Å²) in [6.45, 7) is 0. The zero-order chi connectivity index (χ0) is 24.1. The molecule has 0 amide bonds. The van der Waals surface area contributed by atoms with Crippen LogP contribution < -0.4 is 14.2 Å². The highest BCUT2D eigenvalue weighted by Gasteiger charge is 2.26. The zero-order valence-corrected chi connectivity index (χ0v) is 19.9. The number of rotatable bonds is 9. The Morgan fingerprint density at radius 2 is 1.59 bits per heavy atom. The third-order valence-corrected chi connectivity index (χ3v) is 6.37. The number of sulfonamides is 1. The maximum absolute atomic E-state index is 13.0. The molecule has 10 nitrogen and oxygen atoms in total. The SMILES string of the molecule is COc1ncnc(OC)c1-n1c(NS(=O)(=O)CCc2ccc(Cl)cc2)nnc1-c1ccccc1. The number of aryl methyl sites for hydroxylation is 1. The summed E-state index contributed by atoms with van der Waals surface area (Å²) in [7, 11) is -0.934. The van der Waals surface area contributed by atoms with Gasteiger partial charge in [-0.2, -0.15) is 9.97 Å². The van der Waals surface area contributed by atoms with Crippen LogP contribution in [-0.4, -0.2) is 53.1 Å². The van der Waals surface area contributed by atoms with E-state index in [9.17, 15) is 8.42 Å². The molecule has 0 saturated carbocycles. The molecule has 12 heteroatoms. The van der Waals surface area contributed by atoms with Crippen LogP contribution in [0.15, 0.2) is 60.9 Å². The Balaban J connectivity index is 1.75. The largest absolute Gasteiger partial charge is 0.479 e. The number of aromatic nitrogens is 5. The van der Waals surface area contributed by atoms with Crippen LogP contribution in [0, 0.1) is 0 Å². The maximum atomic E-state index is 13.0. The zero-order valence-electron chi connectivity index (χ0n) is 18.3. The number of methoxy groups -OCH3 is 2. The minimum absolute atomic E-state index is 0.0543. The van der Waals surface area contributed by atoms with Gasteiger partial charge in [0.2, 0.25) is 27.7 Å². The van der Waals surface area contributed by atoms with Gasteiger partial charge in [-0.05, 0) is 24.1 Å². The fourth-order valence-electron chi connectivity index (χ4n) is 3.27. The van der Waals surface area contributed by atoms with E-state index >= 15 is 0 Å². The third-order valence-electron chi connectivity index (χ3n) is 4.88. The predicted molar refractivity (Wildman–Crippen MR) is 128 cm³/mol. The van der Waals surface area contributed by atoms with Crippen LogP contribution >= 0.6 is 11.6 Å². The van der Waals surface area contributed by atoms with Gasteiger partial charge in [-0.15, -0.1) is 10.2 Å². The van der Waals surface area contributed by atoms with Crippen molar-refractivity contribution in [1.29, 1.82) is 0 Å². The maximum Gasteiger partial charge on any atom is 0.245 e. The van der Waals surface area contributed by atoms with E-state index in [0.29, 0.717) is 16.4 Å². The average molecular weight is 501 g/mol. The first kappa shape index (κ1) is 23.5. The van der Waals surface area contributed by atoms with Crippen LogP contribution in [0.2, 0.25) is 5.02 Å². The number of nitrogens with zero attached hydrogens (tertiary/aromatic N) is 5. The van der Waals surface area contributed by atoms with Gasteiger partial charge in [-0.3, -0.25) is 9.29 Å². The number of nitrogens with one attached hydrogen (secondary N) is 1. The molecule has 0 spiro atoms. The van der Waals surface area contributed by atoms with Gasteiger partial charge in [0.15, 0.2) is 11.5 Å². The van der Waals surface area contributed by atoms with Gasteiger partial charge in [0.25, 0.3) is 0 Å². The van der Waals surface area contributed by atoms with Gasteiger partial charge in [0, 0.05) is 10.6 Å². The molecule has 4 rings (SSSR count). The summed E-state index contributed by atoms with van der Waals surface area (Å²) in [6, 6.07) is 16.2. The first-order valence-electron chi connectivity index (χ1n) is 10.1. The lowest BCUT2D eigenvalue weighted by atomic mass is 10.2. The minimum Gasteiger partial charge on any atom is -0.479 e. The van der Waals surface area contributed by atoms with Crippen molar-refractivity contribution >= 4 is 27.6 Å². The van der Waals surface area contributed by atoms with Gasteiger partial charge in [-0.25, -0.2) is 8.42 Å². The van der Waals surface area contributed by atoms with Crippen molar-refractivity contribution in [3.05, 3.63) is 71.5 Å². The lowest BCUT2D eigenvalue weighted by Crippen LogP contribution is -2.21. The second-order valence-corrected chi connectivity index (χ2v) is 9.37. The minimum atomic E-state index is -3.81. The van der Waals surface area contributed by atoms with Crippen molar-refractivity contribution < 1.29 is 17.9 Å². The molecule has 0 aliphatic rings. The smallest absolute Gasteiger partial charge is 0.245 e. The Bertz CT molecular complexity index is 1360. The number of hydrogen-bond acceptors (Lipinski definition) is 8. The second kappa shape index (κ2) is 10.1. The Morgan fingerprint density at radius 1 is 0.941 bits per heavy atom. The molecule has 0 fully saturated rings. The summed E-state index contributed by atoms with van der Waals surface area (Å²) in [4.78, 5) is 8.28. The molecule has 0 aliphatic heterocycles. The Labute approximate surface area is 201 Å². The van der Waals surface area contributed by atoms with E-state index in [2.05, 4.69) is 24.9 Å². The topological polar surface area (TPSA) is 121 Å². The van der Waals surface area contributed by atoms with Crippen LogP contribution in [0.1, 0.15) is 5.56 Å². The molecule has 2 aromatic carbocycles. The quantitative estimate of drug-likeness (QED) is 0.371. The standard InChI is InChI=1S/C22H21ClN6O4S/c1-32-20-18(21(33-2)25-14-24-20)29-19(16-6-4-3-5-7-16)26-27-22(29)28-34(30,31)13-12-15-8-10-17(23)11-9-15/h3-11,14H,12-13H2,1-2H3,(H,27,28). The normalized spacial score (nSPS) is 11.3. The summed E-state index contributed by atoms with van der Waals surface area (Å²) in [5.41, 5.74) is 1.78. The van der Waals surface area contributed by atoms with E-state index in [1.165, 1.54) is 25.1 Å².